The van der Waals surface area contributed by atoms with Crippen molar-refractivity contribution in [1.82, 2.24) is 10.3 Å². The lowest BCUT2D eigenvalue weighted by molar-refractivity contribution is 0.158. The molecule has 0 bridgehead atoms. The van der Waals surface area contributed by atoms with Crippen LogP contribution in [0.25, 0.3) is 0 Å². The molecule has 0 aliphatic rings. The molecule has 6 heteroatoms. The molecule has 2 aromatic heterocycles. The van der Waals surface area contributed by atoms with E-state index in [-0.39, 0.29) is 12.1 Å². The van der Waals surface area contributed by atoms with Gasteiger partial charge in [0.25, 0.3) is 0 Å². The fourth-order valence-electron chi connectivity index (χ4n) is 1.98. The molecule has 2 atom stereocenters. The second-order valence-electron chi connectivity index (χ2n) is 4.93. The van der Waals surface area contributed by atoms with Crippen molar-refractivity contribution in [2.45, 2.75) is 32.4 Å². The highest BCUT2D eigenvalue weighted by molar-refractivity contribution is 7.10. The molecular weight excluding hydrogens is 286 g/mol. The first-order valence-electron chi connectivity index (χ1n) is 6.77. The third kappa shape index (κ3) is 4.84. The van der Waals surface area contributed by atoms with Crippen molar-refractivity contribution in [3.05, 3.63) is 46.3 Å². The summed E-state index contributed by atoms with van der Waals surface area (Å²) in [6.45, 7) is 3.73. The van der Waals surface area contributed by atoms with Crippen LogP contribution in [0.3, 0.4) is 0 Å². The maximum atomic E-state index is 11.9. The van der Waals surface area contributed by atoms with Gasteiger partial charge in [0.2, 0.25) is 0 Å². The van der Waals surface area contributed by atoms with Crippen molar-refractivity contribution >= 4 is 23.2 Å². The van der Waals surface area contributed by atoms with Crippen LogP contribution >= 0.6 is 11.3 Å². The van der Waals surface area contributed by atoms with Crippen LogP contribution in [0.15, 0.2) is 35.7 Å². The number of aliphatic hydroxyl groups is 1. The van der Waals surface area contributed by atoms with E-state index in [2.05, 4.69) is 15.6 Å². The van der Waals surface area contributed by atoms with Gasteiger partial charge in [-0.05, 0) is 43.8 Å². The van der Waals surface area contributed by atoms with Gasteiger partial charge in [-0.2, -0.15) is 0 Å². The molecule has 112 valence electrons. The molecule has 21 heavy (non-hydrogen) atoms. The van der Waals surface area contributed by atoms with Crippen molar-refractivity contribution in [2.75, 3.05) is 5.32 Å². The van der Waals surface area contributed by atoms with E-state index in [0.717, 1.165) is 10.6 Å². The molecule has 0 aromatic carbocycles. The van der Waals surface area contributed by atoms with Crippen LogP contribution in [0.4, 0.5) is 10.6 Å². The summed E-state index contributed by atoms with van der Waals surface area (Å²) in [6.07, 6.45) is -0.0905. The van der Waals surface area contributed by atoms with E-state index in [1.165, 1.54) is 11.3 Å². The standard InChI is InChI=1S/C15H19N3O2S/c1-10-5-3-7-14(16-10)18-15(20)17-11(2)9-12(19)13-6-4-8-21-13/h3-8,11-12,19H,9H2,1-2H3,(H2,16,17,18,20). The highest BCUT2D eigenvalue weighted by Crippen LogP contribution is 2.22. The molecule has 2 rings (SSSR count). The van der Waals surface area contributed by atoms with Crippen molar-refractivity contribution in [2.24, 2.45) is 0 Å². The number of thiophene rings is 1. The Hall–Kier alpha value is -1.92. The van der Waals surface area contributed by atoms with Crippen molar-refractivity contribution in [1.29, 1.82) is 0 Å². The third-order valence-corrected chi connectivity index (χ3v) is 3.93. The topological polar surface area (TPSA) is 74.2 Å². The summed E-state index contributed by atoms with van der Waals surface area (Å²) in [4.78, 5) is 17.0. The van der Waals surface area contributed by atoms with Gasteiger partial charge in [0, 0.05) is 16.6 Å². The van der Waals surface area contributed by atoms with Gasteiger partial charge in [0.05, 0.1) is 6.10 Å². The Balaban J connectivity index is 1.82. The maximum Gasteiger partial charge on any atom is 0.320 e. The summed E-state index contributed by atoms with van der Waals surface area (Å²) in [5.41, 5.74) is 0.842. The van der Waals surface area contributed by atoms with Gasteiger partial charge < -0.3 is 10.4 Å². The maximum absolute atomic E-state index is 11.9. The molecule has 0 aliphatic heterocycles. The zero-order valence-corrected chi connectivity index (χ0v) is 12.9. The van der Waals surface area contributed by atoms with Crippen molar-refractivity contribution in [3.8, 4) is 0 Å². The summed E-state index contributed by atoms with van der Waals surface area (Å²) in [5.74, 6) is 0.513. The number of nitrogens with zero attached hydrogens (tertiary/aromatic N) is 1. The monoisotopic (exact) mass is 305 g/mol. The third-order valence-electron chi connectivity index (χ3n) is 2.96. The van der Waals surface area contributed by atoms with Crippen LogP contribution in [-0.4, -0.2) is 22.2 Å². The van der Waals surface area contributed by atoms with Gasteiger partial charge in [-0.15, -0.1) is 11.3 Å². The molecular formula is C15H19N3O2S. The molecule has 0 saturated heterocycles. The van der Waals surface area contributed by atoms with E-state index in [1.807, 2.05) is 43.5 Å². The number of nitrogens with one attached hydrogen (secondary N) is 2. The number of aliphatic hydroxyl groups excluding tert-OH is 1. The molecule has 2 unspecified atom stereocenters. The molecule has 2 heterocycles. The Morgan fingerprint density at radius 1 is 1.38 bits per heavy atom. The molecule has 5 nitrogen and oxygen atoms in total. The number of carbonyl (C=O) groups excluding carboxylic acids is 1. The van der Waals surface area contributed by atoms with E-state index in [0.29, 0.717) is 12.2 Å². The quantitative estimate of drug-likeness (QED) is 0.794. The number of amides is 2. The number of hydrogen-bond donors (Lipinski definition) is 3. The summed E-state index contributed by atoms with van der Waals surface area (Å²) in [5, 5.41) is 17.4. The first-order chi connectivity index (χ1) is 10.0. The molecule has 2 amide bonds. The number of hydrogen-bond acceptors (Lipinski definition) is 4. The Morgan fingerprint density at radius 3 is 2.86 bits per heavy atom. The molecule has 0 saturated carbocycles. The fourth-order valence-corrected chi connectivity index (χ4v) is 2.70. The summed E-state index contributed by atoms with van der Waals surface area (Å²) in [6, 6.07) is 8.75. The minimum absolute atomic E-state index is 0.146. The Kier molecular flexibility index (Phi) is 5.30. The van der Waals surface area contributed by atoms with Gasteiger partial charge in [-0.3, -0.25) is 5.32 Å². The highest BCUT2D eigenvalue weighted by atomic mass is 32.1. The van der Waals surface area contributed by atoms with Crippen LogP contribution < -0.4 is 10.6 Å². The van der Waals surface area contributed by atoms with Crippen LogP contribution in [0.1, 0.15) is 30.0 Å². The number of urea groups is 1. The van der Waals surface area contributed by atoms with Crippen LogP contribution in [0.2, 0.25) is 0 Å². The van der Waals surface area contributed by atoms with Crippen LogP contribution in [0, 0.1) is 6.92 Å². The van der Waals surface area contributed by atoms with Crippen LogP contribution in [0.5, 0.6) is 0 Å². The summed E-state index contributed by atoms with van der Waals surface area (Å²) >= 11 is 1.51. The number of aromatic nitrogens is 1. The number of pyridine rings is 1. The number of rotatable bonds is 5. The van der Waals surface area contributed by atoms with E-state index >= 15 is 0 Å². The second-order valence-corrected chi connectivity index (χ2v) is 5.91. The highest BCUT2D eigenvalue weighted by Gasteiger charge is 2.15. The second kappa shape index (κ2) is 7.19. The van der Waals surface area contributed by atoms with Gasteiger partial charge in [-0.25, -0.2) is 9.78 Å². The lowest BCUT2D eigenvalue weighted by atomic mass is 10.1. The molecule has 3 N–H and O–H groups in total. The lowest BCUT2D eigenvalue weighted by Gasteiger charge is -2.17. The SMILES string of the molecule is Cc1cccc(NC(=O)NC(C)CC(O)c2cccs2)n1. The normalized spacial score (nSPS) is 13.5. The predicted molar refractivity (Wildman–Crippen MR) is 84.5 cm³/mol. The fraction of sp³-hybridized carbons (Fsp3) is 0.333. The van der Waals surface area contributed by atoms with E-state index in [1.54, 1.807) is 6.07 Å². The minimum atomic E-state index is -0.558. The predicted octanol–water partition coefficient (Wildman–Crippen LogP) is 3.09. The van der Waals surface area contributed by atoms with Crippen molar-refractivity contribution < 1.29 is 9.90 Å². The van der Waals surface area contributed by atoms with Gasteiger partial charge in [0.15, 0.2) is 0 Å². The van der Waals surface area contributed by atoms with Crippen LogP contribution in [-0.2, 0) is 0 Å². The average Bonchev–Trinajstić information content (AvgIpc) is 2.91. The van der Waals surface area contributed by atoms with Gasteiger partial charge in [-0.1, -0.05) is 12.1 Å². The average molecular weight is 305 g/mol. The van der Waals surface area contributed by atoms with E-state index in [4.69, 9.17) is 0 Å². The molecule has 0 aliphatic carbocycles. The van der Waals surface area contributed by atoms with Gasteiger partial charge in [0.1, 0.15) is 5.82 Å². The first-order valence-corrected chi connectivity index (χ1v) is 7.65. The van der Waals surface area contributed by atoms with E-state index in [9.17, 15) is 9.90 Å². The number of carbonyl (C=O) groups is 1. The summed E-state index contributed by atoms with van der Waals surface area (Å²) in [7, 11) is 0. The smallest absolute Gasteiger partial charge is 0.320 e. The Morgan fingerprint density at radius 2 is 2.19 bits per heavy atom. The molecule has 0 spiro atoms. The lowest BCUT2D eigenvalue weighted by Crippen LogP contribution is -2.37. The Bertz CT molecular complexity index is 586. The largest absolute Gasteiger partial charge is 0.387 e. The number of aryl methyl sites for hydroxylation is 1. The molecule has 0 radical (unpaired) electrons. The zero-order valence-electron chi connectivity index (χ0n) is 12.0. The van der Waals surface area contributed by atoms with Gasteiger partial charge >= 0.3 is 6.03 Å². The minimum Gasteiger partial charge on any atom is -0.387 e. The molecule has 0 fully saturated rings. The number of anilines is 1. The first kappa shape index (κ1) is 15.5. The Labute approximate surface area is 128 Å². The molecule has 2 aromatic rings. The van der Waals surface area contributed by atoms with E-state index < -0.39 is 6.10 Å². The van der Waals surface area contributed by atoms with Crippen molar-refractivity contribution in [3.63, 3.8) is 0 Å². The zero-order chi connectivity index (χ0) is 15.2. The summed E-state index contributed by atoms with van der Waals surface area (Å²) < 4.78 is 0.